The molecule has 6 nitrogen and oxygen atoms in total. The van der Waals surface area contributed by atoms with Crippen LogP contribution in [0.4, 0.5) is 0 Å². The Bertz CT molecular complexity index is 1160. The second kappa shape index (κ2) is 7.70. The predicted molar refractivity (Wildman–Crippen MR) is 124 cm³/mol. The summed E-state index contributed by atoms with van der Waals surface area (Å²) in [6.45, 7) is 7.36. The van der Waals surface area contributed by atoms with Crippen LogP contribution < -0.4 is 5.43 Å². The van der Waals surface area contributed by atoms with Gasteiger partial charge in [-0.05, 0) is 92.3 Å². The van der Waals surface area contributed by atoms with Crippen LogP contribution in [0.5, 0.6) is 0 Å². The van der Waals surface area contributed by atoms with Crippen LogP contribution in [0.25, 0.3) is 21.9 Å². The lowest BCUT2D eigenvalue weighted by atomic mass is 9.90. The molecule has 0 aliphatic rings. The van der Waals surface area contributed by atoms with Crippen molar-refractivity contribution < 1.29 is 14.0 Å². The largest absolute Gasteiger partial charge is 0.456 e. The molecule has 1 aromatic heterocycles. The maximum absolute atomic E-state index is 13.3. The molecular formula is C25H30N2O4. The van der Waals surface area contributed by atoms with Crippen LogP contribution >= 0.6 is 0 Å². The smallest absolute Gasteiger partial charge is 0.200 e. The van der Waals surface area contributed by atoms with E-state index in [-0.39, 0.29) is 17.0 Å². The van der Waals surface area contributed by atoms with Gasteiger partial charge in [0.05, 0.1) is 21.9 Å². The number of Topliss-reactive ketones (excluding diaryl/α,β-unsaturated/α-hetero) is 2. The van der Waals surface area contributed by atoms with Gasteiger partial charge in [-0.3, -0.25) is 24.2 Å². The molecule has 0 bridgehead atoms. The third-order valence-corrected chi connectivity index (χ3v) is 6.54. The second-order valence-electron chi connectivity index (χ2n) is 9.42. The van der Waals surface area contributed by atoms with Crippen molar-refractivity contribution in [2.45, 2.75) is 38.8 Å². The zero-order chi connectivity index (χ0) is 23.3. The van der Waals surface area contributed by atoms with Crippen molar-refractivity contribution in [3.05, 3.63) is 57.7 Å². The van der Waals surface area contributed by atoms with Crippen LogP contribution in [0.3, 0.4) is 0 Å². The van der Waals surface area contributed by atoms with Crippen molar-refractivity contribution in [1.29, 1.82) is 0 Å². The van der Waals surface area contributed by atoms with E-state index in [1.807, 2.05) is 65.7 Å². The highest BCUT2D eigenvalue weighted by atomic mass is 16.3. The Morgan fingerprint density at radius 2 is 1.06 bits per heavy atom. The zero-order valence-corrected chi connectivity index (χ0v) is 19.5. The van der Waals surface area contributed by atoms with E-state index in [0.717, 1.165) is 0 Å². The molecule has 0 amide bonds. The standard InChI is InChI=1S/C25H30N2O4/c1-24(2,26(5)6)22(29)15-9-11-19-17(13-15)21(28)18-14-16(10-12-20(18)31-19)23(30)25(3,4)27(7)8/h9-14H,1-8H3. The lowest BCUT2D eigenvalue weighted by Crippen LogP contribution is -2.45. The molecular weight excluding hydrogens is 392 g/mol. The Morgan fingerprint density at radius 3 is 1.39 bits per heavy atom. The molecule has 0 atom stereocenters. The van der Waals surface area contributed by atoms with Crippen molar-refractivity contribution in [3.8, 4) is 0 Å². The Kier molecular flexibility index (Phi) is 5.67. The number of carbonyl (C=O) groups excluding carboxylic acids is 2. The lowest BCUT2D eigenvalue weighted by molar-refractivity contribution is 0.0750. The SMILES string of the molecule is CN(C)C(C)(C)C(=O)c1ccc2oc3ccc(C(=O)C(C)(C)N(C)C)cc3c(=O)c2c1. The first-order valence-corrected chi connectivity index (χ1v) is 10.2. The van der Waals surface area contributed by atoms with Crippen LogP contribution in [0.2, 0.25) is 0 Å². The number of benzene rings is 2. The van der Waals surface area contributed by atoms with Gasteiger partial charge < -0.3 is 4.42 Å². The molecule has 0 aliphatic heterocycles. The van der Waals surface area contributed by atoms with Crippen molar-refractivity contribution in [2.75, 3.05) is 28.2 Å². The third kappa shape index (κ3) is 3.82. The van der Waals surface area contributed by atoms with E-state index in [1.165, 1.54) is 0 Å². The van der Waals surface area contributed by atoms with Gasteiger partial charge in [0, 0.05) is 11.1 Å². The van der Waals surface area contributed by atoms with E-state index in [4.69, 9.17) is 4.42 Å². The van der Waals surface area contributed by atoms with E-state index < -0.39 is 11.1 Å². The van der Waals surface area contributed by atoms with Crippen molar-refractivity contribution >= 4 is 33.5 Å². The summed E-state index contributed by atoms with van der Waals surface area (Å²) in [4.78, 5) is 43.0. The van der Waals surface area contributed by atoms with Gasteiger partial charge in [-0.25, -0.2) is 0 Å². The monoisotopic (exact) mass is 422 g/mol. The summed E-state index contributed by atoms with van der Waals surface area (Å²) >= 11 is 0. The number of rotatable bonds is 6. The average Bonchev–Trinajstić information content (AvgIpc) is 2.72. The minimum absolute atomic E-state index is 0.0874. The first-order chi connectivity index (χ1) is 14.3. The summed E-state index contributed by atoms with van der Waals surface area (Å²) in [6, 6.07) is 9.86. The fourth-order valence-corrected chi connectivity index (χ4v) is 3.25. The van der Waals surface area contributed by atoms with E-state index in [0.29, 0.717) is 33.1 Å². The number of ketones is 2. The van der Waals surface area contributed by atoms with Gasteiger partial charge >= 0.3 is 0 Å². The van der Waals surface area contributed by atoms with Crippen LogP contribution in [0.15, 0.2) is 45.6 Å². The molecule has 0 saturated heterocycles. The van der Waals surface area contributed by atoms with Crippen molar-refractivity contribution in [3.63, 3.8) is 0 Å². The van der Waals surface area contributed by atoms with Crippen molar-refractivity contribution in [2.24, 2.45) is 0 Å². The second-order valence-corrected chi connectivity index (χ2v) is 9.42. The number of likely N-dealkylation sites (N-methyl/N-ethyl adjacent to an activating group) is 2. The number of carbonyl (C=O) groups is 2. The first-order valence-electron chi connectivity index (χ1n) is 10.2. The molecule has 0 saturated carbocycles. The summed E-state index contributed by atoms with van der Waals surface area (Å²) in [7, 11) is 7.37. The molecule has 3 rings (SSSR count). The summed E-state index contributed by atoms with van der Waals surface area (Å²) in [6.07, 6.45) is 0. The summed E-state index contributed by atoms with van der Waals surface area (Å²) < 4.78 is 5.92. The third-order valence-electron chi connectivity index (χ3n) is 6.54. The number of fused-ring (bicyclic) bond motifs is 2. The van der Waals surface area contributed by atoms with Crippen LogP contribution in [0.1, 0.15) is 48.4 Å². The number of hydrogen-bond acceptors (Lipinski definition) is 6. The van der Waals surface area contributed by atoms with Gasteiger partial charge in [-0.15, -0.1) is 0 Å². The van der Waals surface area contributed by atoms with Gasteiger partial charge in [0.15, 0.2) is 11.6 Å². The molecule has 0 N–H and O–H groups in total. The highest BCUT2D eigenvalue weighted by Gasteiger charge is 2.32. The quantitative estimate of drug-likeness (QED) is 0.442. The number of hydrogen-bond donors (Lipinski definition) is 0. The van der Waals surface area contributed by atoms with Crippen LogP contribution in [-0.4, -0.2) is 60.6 Å². The fraction of sp³-hybridized carbons (Fsp3) is 0.400. The normalized spacial score (nSPS) is 12.8. The summed E-state index contributed by atoms with van der Waals surface area (Å²) in [5.74, 6) is -0.175. The Morgan fingerprint density at radius 1 is 0.710 bits per heavy atom. The molecule has 3 aromatic rings. The fourth-order valence-electron chi connectivity index (χ4n) is 3.25. The van der Waals surface area contributed by atoms with Gasteiger partial charge in [0.2, 0.25) is 5.43 Å². The minimum atomic E-state index is -0.720. The van der Waals surface area contributed by atoms with E-state index in [2.05, 4.69) is 0 Å². The molecule has 0 radical (unpaired) electrons. The Balaban J connectivity index is 2.19. The van der Waals surface area contributed by atoms with Crippen molar-refractivity contribution in [1.82, 2.24) is 9.80 Å². The number of nitrogens with zero attached hydrogens (tertiary/aromatic N) is 2. The molecule has 164 valence electrons. The van der Waals surface area contributed by atoms with Gasteiger partial charge in [0.25, 0.3) is 0 Å². The Hall–Kier alpha value is -2.83. The maximum atomic E-state index is 13.3. The molecule has 1 heterocycles. The molecule has 0 aliphatic carbocycles. The highest BCUT2D eigenvalue weighted by Crippen LogP contribution is 2.25. The summed E-state index contributed by atoms with van der Waals surface area (Å²) in [5, 5.41) is 0.647. The average molecular weight is 423 g/mol. The van der Waals surface area contributed by atoms with E-state index in [9.17, 15) is 14.4 Å². The molecule has 6 heteroatoms. The lowest BCUT2D eigenvalue weighted by Gasteiger charge is -2.31. The predicted octanol–water partition coefficient (Wildman–Crippen LogP) is 3.99. The Labute approximate surface area is 182 Å². The maximum Gasteiger partial charge on any atom is 0.200 e. The van der Waals surface area contributed by atoms with Gasteiger partial charge in [-0.2, -0.15) is 0 Å². The van der Waals surface area contributed by atoms with Crippen LogP contribution in [-0.2, 0) is 0 Å². The zero-order valence-electron chi connectivity index (χ0n) is 19.5. The van der Waals surface area contributed by atoms with Gasteiger partial charge in [0.1, 0.15) is 11.2 Å². The highest BCUT2D eigenvalue weighted by molar-refractivity contribution is 6.07. The summed E-state index contributed by atoms with van der Waals surface area (Å²) in [5.41, 5.74) is 0.00162. The molecule has 2 aromatic carbocycles. The van der Waals surface area contributed by atoms with Gasteiger partial charge in [-0.1, -0.05) is 0 Å². The minimum Gasteiger partial charge on any atom is -0.456 e. The van der Waals surface area contributed by atoms with Crippen LogP contribution in [0, 0.1) is 0 Å². The van der Waals surface area contributed by atoms with E-state index in [1.54, 1.807) is 36.4 Å². The van der Waals surface area contributed by atoms with E-state index >= 15 is 0 Å². The first kappa shape index (κ1) is 22.8. The topological polar surface area (TPSA) is 70.8 Å². The molecule has 0 fully saturated rings. The molecule has 31 heavy (non-hydrogen) atoms. The molecule has 0 spiro atoms. The molecule has 0 unspecified atom stereocenters.